The summed E-state index contributed by atoms with van der Waals surface area (Å²) >= 11 is 0. The highest BCUT2D eigenvalue weighted by atomic mass is 16.1. The number of aryl methyl sites for hydroxylation is 1. The van der Waals surface area contributed by atoms with Crippen LogP contribution in [0.4, 0.5) is 11.4 Å². The Morgan fingerprint density at radius 3 is 2.38 bits per heavy atom. The van der Waals surface area contributed by atoms with Crippen LogP contribution in [0.1, 0.15) is 48.9 Å². The van der Waals surface area contributed by atoms with Crippen molar-refractivity contribution in [3.8, 4) is 0 Å². The van der Waals surface area contributed by atoms with E-state index < -0.39 is 0 Å². The van der Waals surface area contributed by atoms with Gasteiger partial charge < -0.3 is 0 Å². The van der Waals surface area contributed by atoms with Gasteiger partial charge in [-0.25, -0.2) is 9.59 Å². The van der Waals surface area contributed by atoms with Crippen LogP contribution >= 0.6 is 0 Å². The number of carbonyl (C=O) groups excluding carboxylic acids is 2. The zero-order chi connectivity index (χ0) is 17.5. The van der Waals surface area contributed by atoms with Crippen molar-refractivity contribution in [2.24, 2.45) is 9.98 Å². The smallest absolute Gasteiger partial charge is 0.211 e. The Hall–Kier alpha value is -2.80. The molecule has 0 aromatic heterocycles. The Labute approximate surface area is 142 Å². The van der Waals surface area contributed by atoms with E-state index in [1.165, 1.54) is 5.56 Å². The van der Waals surface area contributed by atoms with Crippen molar-refractivity contribution in [3.05, 3.63) is 58.7 Å². The summed E-state index contributed by atoms with van der Waals surface area (Å²) in [7, 11) is 0. The average molecular weight is 320 g/mol. The molecule has 4 heteroatoms. The molecule has 0 saturated heterocycles. The van der Waals surface area contributed by atoms with Gasteiger partial charge in [0.25, 0.3) is 0 Å². The van der Waals surface area contributed by atoms with Gasteiger partial charge in [-0.05, 0) is 35.6 Å². The fourth-order valence-corrected chi connectivity index (χ4v) is 2.94. The van der Waals surface area contributed by atoms with E-state index in [0.29, 0.717) is 17.8 Å². The summed E-state index contributed by atoms with van der Waals surface area (Å²) in [6.07, 6.45) is 4.76. The molecule has 0 aliphatic rings. The normalized spacial score (nSPS) is 11.3. The molecule has 1 atom stereocenters. The van der Waals surface area contributed by atoms with Crippen molar-refractivity contribution in [1.82, 2.24) is 0 Å². The predicted octanol–water partition coefficient (Wildman–Crippen LogP) is 4.90. The van der Waals surface area contributed by atoms with Crippen molar-refractivity contribution < 1.29 is 9.59 Å². The third-order valence-electron chi connectivity index (χ3n) is 4.29. The summed E-state index contributed by atoms with van der Waals surface area (Å²) in [6, 6.07) is 12.0. The van der Waals surface area contributed by atoms with Crippen LogP contribution in [0.3, 0.4) is 0 Å². The largest absolute Gasteiger partial charge is 0.240 e. The van der Waals surface area contributed by atoms with E-state index in [1.54, 1.807) is 18.2 Å². The van der Waals surface area contributed by atoms with Gasteiger partial charge in [0.15, 0.2) is 0 Å². The van der Waals surface area contributed by atoms with Gasteiger partial charge in [0, 0.05) is 11.5 Å². The fraction of sp³-hybridized carbons (Fsp3) is 0.300. The van der Waals surface area contributed by atoms with Gasteiger partial charge in [-0.15, -0.1) is 0 Å². The highest BCUT2D eigenvalue weighted by molar-refractivity contribution is 5.70. The lowest BCUT2D eigenvalue weighted by atomic mass is 9.88. The minimum absolute atomic E-state index is 0.0585. The van der Waals surface area contributed by atoms with Crippen LogP contribution in [-0.2, 0) is 22.4 Å². The quantitative estimate of drug-likeness (QED) is 0.561. The van der Waals surface area contributed by atoms with Crippen LogP contribution in [0.2, 0.25) is 0 Å². The molecule has 0 bridgehead atoms. The van der Waals surface area contributed by atoms with Gasteiger partial charge in [0.05, 0.1) is 11.4 Å². The maximum absolute atomic E-state index is 10.9. The van der Waals surface area contributed by atoms with Crippen LogP contribution in [0, 0.1) is 0 Å². The molecule has 24 heavy (non-hydrogen) atoms. The van der Waals surface area contributed by atoms with Crippen molar-refractivity contribution in [2.45, 2.75) is 39.5 Å². The van der Waals surface area contributed by atoms with Crippen molar-refractivity contribution >= 4 is 23.5 Å². The topological polar surface area (TPSA) is 58.9 Å². The van der Waals surface area contributed by atoms with E-state index in [4.69, 9.17) is 0 Å². The first-order chi connectivity index (χ1) is 11.7. The molecular weight excluding hydrogens is 300 g/mol. The van der Waals surface area contributed by atoms with Gasteiger partial charge in [0.2, 0.25) is 12.2 Å². The second-order valence-electron chi connectivity index (χ2n) is 5.58. The number of benzene rings is 2. The predicted molar refractivity (Wildman–Crippen MR) is 94.7 cm³/mol. The highest BCUT2D eigenvalue weighted by Gasteiger charge is 2.18. The van der Waals surface area contributed by atoms with E-state index in [1.807, 2.05) is 19.1 Å². The second-order valence-corrected chi connectivity index (χ2v) is 5.58. The number of nitrogens with zero attached hydrogens (tertiary/aromatic N) is 2. The van der Waals surface area contributed by atoms with Crippen molar-refractivity contribution in [1.29, 1.82) is 0 Å². The fourth-order valence-electron chi connectivity index (χ4n) is 2.94. The molecule has 2 aromatic rings. The highest BCUT2D eigenvalue weighted by Crippen LogP contribution is 2.39. The summed E-state index contributed by atoms with van der Waals surface area (Å²) in [6.45, 7) is 6.14. The van der Waals surface area contributed by atoms with Gasteiger partial charge in [-0.1, -0.05) is 51.1 Å². The third kappa shape index (κ3) is 3.57. The molecule has 0 N–H and O–H groups in total. The summed E-state index contributed by atoms with van der Waals surface area (Å²) in [5, 5.41) is 0. The molecule has 2 rings (SSSR count). The minimum Gasteiger partial charge on any atom is -0.211 e. The van der Waals surface area contributed by atoms with E-state index in [0.717, 1.165) is 23.1 Å². The van der Waals surface area contributed by atoms with Crippen LogP contribution in [-0.4, -0.2) is 12.2 Å². The Balaban J connectivity index is 2.63. The molecule has 0 saturated carbocycles. The number of hydrogen-bond donors (Lipinski definition) is 0. The van der Waals surface area contributed by atoms with E-state index >= 15 is 0 Å². The molecule has 0 radical (unpaired) electrons. The van der Waals surface area contributed by atoms with E-state index in [-0.39, 0.29) is 5.92 Å². The first kappa shape index (κ1) is 17.6. The lowest BCUT2D eigenvalue weighted by Crippen LogP contribution is -2.00. The van der Waals surface area contributed by atoms with Gasteiger partial charge in [-0.3, -0.25) is 0 Å². The van der Waals surface area contributed by atoms with E-state index in [2.05, 4.69) is 42.0 Å². The summed E-state index contributed by atoms with van der Waals surface area (Å²) in [5.41, 5.74) is 5.16. The Morgan fingerprint density at radius 1 is 1.00 bits per heavy atom. The molecule has 0 amide bonds. The molecule has 0 aliphatic heterocycles. The van der Waals surface area contributed by atoms with Crippen LogP contribution in [0.15, 0.2) is 46.4 Å². The molecule has 0 heterocycles. The molecular formula is C20H20N2O2. The summed E-state index contributed by atoms with van der Waals surface area (Å²) in [4.78, 5) is 29.2. The first-order valence-corrected chi connectivity index (χ1v) is 8.06. The molecule has 0 spiro atoms. The molecule has 0 fully saturated rings. The lowest BCUT2D eigenvalue weighted by Gasteiger charge is -2.18. The molecule has 2 aromatic carbocycles. The average Bonchev–Trinajstić information content (AvgIpc) is 2.62. The molecule has 4 nitrogen and oxygen atoms in total. The number of rotatable bonds is 6. The maximum atomic E-state index is 10.9. The SMILES string of the molecule is CCc1cccc(C(C)c2ccc(N=C=O)c(CC)c2N=C=O)c1. The van der Waals surface area contributed by atoms with Gasteiger partial charge in [-0.2, -0.15) is 9.98 Å². The Morgan fingerprint density at radius 2 is 1.75 bits per heavy atom. The monoisotopic (exact) mass is 320 g/mol. The third-order valence-corrected chi connectivity index (χ3v) is 4.29. The van der Waals surface area contributed by atoms with Crippen LogP contribution in [0.5, 0.6) is 0 Å². The zero-order valence-electron chi connectivity index (χ0n) is 14.2. The number of isocyanates is 2. The van der Waals surface area contributed by atoms with Crippen molar-refractivity contribution in [3.63, 3.8) is 0 Å². The maximum Gasteiger partial charge on any atom is 0.240 e. The van der Waals surface area contributed by atoms with Gasteiger partial charge >= 0.3 is 0 Å². The van der Waals surface area contributed by atoms with Crippen LogP contribution in [0.25, 0.3) is 0 Å². The minimum atomic E-state index is 0.0585. The first-order valence-electron chi connectivity index (χ1n) is 8.06. The zero-order valence-corrected chi connectivity index (χ0v) is 14.2. The van der Waals surface area contributed by atoms with Gasteiger partial charge in [0.1, 0.15) is 0 Å². The van der Waals surface area contributed by atoms with Crippen molar-refractivity contribution in [2.75, 3.05) is 0 Å². The van der Waals surface area contributed by atoms with E-state index in [9.17, 15) is 9.59 Å². The molecule has 0 aliphatic carbocycles. The van der Waals surface area contributed by atoms with Crippen LogP contribution < -0.4 is 0 Å². The Bertz CT molecular complexity index is 830. The summed E-state index contributed by atoms with van der Waals surface area (Å²) in [5.74, 6) is 0.0585. The lowest BCUT2D eigenvalue weighted by molar-refractivity contribution is 0.564. The molecule has 122 valence electrons. The molecule has 1 unspecified atom stereocenters. The number of hydrogen-bond acceptors (Lipinski definition) is 4. The Kier molecular flexibility index (Phi) is 5.97. The standard InChI is InChI=1S/C20H20N2O2/c1-4-15-7-6-8-16(11-15)14(3)18-9-10-19(21-12-23)17(5-2)20(18)22-13-24/h6-11,14H,4-5H2,1-3H3. The number of aliphatic imine (C=N–C) groups is 2. The summed E-state index contributed by atoms with van der Waals surface area (Å²) < 4.78 is 0. The second kappa shape index (κ2) is 8.16.